The number of nitrogens with two attached hydrogens (primary N) is 1. The van der Waals surface area contributed by atoms with E-state index < -0.39 is 10.0 Å². The number of rotatable bonds is 4. The molecule has 7 heteroatoms. The van der Waals surface area contributed by atoms with Crippen molar-refractivity contribution in [2.24, 2.45) is 5.14 Å². The van der Waals surface area contributed by atoms with Crippen molar-refractivity contribution in [1.82, 2.24) is 4.98 Å². The fourth-order valence-electron chi connectivity index (χ4n) is 1.67. The van der Waals surface area contributed by atoms with Crippen LogP contribution in [0.5, 0.6) is 0 Å². The Balaban J connectivity index is 2.19. The summed E-state index contributed by atoms with van der Waals surface area (Å²) in [7, 11) is -3.69. The van der Waals surface area contributed by atoms with E-state index in [4.69, 9.17) is 5.14 Å². The average Bonchev–Trinajstić information content (AvgIpc) is 2.38. The zero-order valence-electron chi connectivity index (χ0n) is 10.8. The van der Waals surface area contributed by atoms with Gasteiger partial charge in [-0.15, -0.1) is 0 Å². The molecule has 0 saturated heterocycles. The minimum absolute atomic E-state index is 0.0920. The van der Waals surface area contributed by atoms with E-state index in [9.17, 15) is 8.42 Å². The lowest BCUT2D eigenvalue weighted by atomic mass is 10.2. The van der Waals surface area contributed by atoms with Crippen molar-refractivity contribution in [2.45, 2.75) is 18.4 Å². The first-order valence-electron chi connectivity index (χ1n) is 5.84. The quantitative estimate of drug-likeness (QED) is 0.881. The fraction of sp³-hybridized carbons (Fsp3) is 0.154. The Morgan fingerprint density at radius 1 is 1.30 bits per heavy atom. The summed E-state index contributed by atoms with van der Waals surface area (Å²) in [6.07, 6.45) is 1.71. The number of nitrogens with zero attached hydrogens (tertiary/aromatic N) is 1. The van der Waals surface area contributed by atoms with Crippen LogP contribution in [0, 0.1) is 6.92 Å². The average molecular weight is 356 g/mol. The zero-order chi connectivity index (χ0) is 14.8. The summed E-state index contributed by atoms with van der Waals surface area (Å²) >= 11 is 3.32. The summed E-state index contributed by atoms with van der Waals surface area (Å²) in [4.78, 5) is 4.33. The van der Waals surface area contributed by atoms with Crippen LogP contribution in [-0.4, -0.2) is 13.4 Å². The van der Waals surface area contributed by atoms with Crippen LogP contribution in [0.3, 0.4) is 0 Å². The minimum Gasteiger partial charge on any atom is -0.379 e. The molecule has 2 aromatic rings. The molecule has 1 heterocycles. The Morgan fingerprint density at radius 2 is 2.05 bits per heavy atom. The van der Waals surface area contributed by atoms with Gasteiger partial charge in [-0.2, -0.15) is 0 Å². The molecule has 1 aromatic carbocycles. The van der Waals surface area contributed by atoms with Crippen LogP contribution in [0.15, 0.2) is 45.9 Å². The van der Waals surface area contributed by atoms with E-state index in [0.717, 1.165) is 21.4 Å². The molecule has 0 saturated carbocycles. The summed E-state index contributed by atoms with van der Waals surface area (Å²) in [6, 6.07) is 8.53. The highest BCUT2D eigenvalue weighted by Crippen LogP contribution is 2.20. The van der Waals surface area contributed by atoms with Crippen LogP contribution in [0.25, 0.3) is 0 Å². The predicted octanol–water partition coefficient (Wildman–Crippen LogP) is 2.41. The van der Waals surface area contributed by atoms with E-state index in [-0.39, 0.29) is 4.90 Å². The van der Waals surface area contributed by atoms with Gasteiger partial charge in [-0.25, -0.2) is 13.6 Å². The smallest absolute Gasteiger partial charge is 0.238 e. The number of sulfonamides is 1. The molecule has 1 aromatic heterocycles. The molecule has 0 aliphatic rings. The number of primary sulfonamides is 1. The lowest BCUT2D eigenvalue weighted by molar-refractivity contribution is 0.598. The third-order valence-corrected chi connectivity index (χ3v) is 4.17. The van der Waals surface area contributed by atoms with E-state index in [1.807, 2.05) is 19.1 Å². The maximum atomic E-state index is 11.3. The lowest BCUT2D eigenvalue weighted by Crippen LogP contribution is -2.13. The Bertz CT molecular complexity index is 715. The van der Waals surface area contributed by atoms with E-state index in [2.05, 4.69) is 26.2 Å². The highest BCUT2D eigenvalue weighted by atomic mass is 79.9. The number of aryl methyl sites for hydroxylation is 1. The number of aromatic nitrogens is 1. The number of hydrogen-bond donors (Lipinski definition) is 2. The van der Waals surface area contributed by atoms with Gasteiger partial charge in [0.1, 0.15) is 0 Å². The van der Waals surface area contributed by atoms with Crippen molar-refractivity contribution in [3.05, 3.63) is 52.3 Å². The van der Waals surface area contributed by atoms with E-state index in [0.29, 0.717) is 6.54 Å². The van der Waals surface area contributed by atoms with Gasteiger partial charge in [0.05, 0.1) is 17.1 Å². The van der Waals surface area contributed by atoms with E-state index in [1.54, 1.807) is 12.3 Å². The number of pyridine rings is 1. The van der Waals surface area contributed by atoms with Gasteiger partial charge in [-0.05, 0) is 52.7 Å². The molecule has 0 spiro atoms. The van der Waals surface area contributed by atoms with E-state index >= 15 is 0 Å². The van der Waals surface area contributed by atoms with Gasteiger partial charge in [0, 0.05) is 16.4 Å². The Kier molecular flexibility index (Phi) is 4.42. The van der Waals surface area contributed by atoms with E-state index in [1.165, 1.54) is 12.1 Å². The van der Waals surface area contributed by atoms with Crippen LogP contribution in [0.4, 0.5) is 5.69 Å². The summed E-state index contributed by atoms with van der Waals surface area (Å²) in [5.41, 5.74) is 2.52. The van der Waals surface area contributed by atoms with Crippen LogP contribution >= 0.6 is 15.9 Å². The van der Waals surface area contributed by atoms with Gasteiger partial charge < -0.3 is 5.32 Å². The summed E-state index contributed by atoms with van der Waals surface area (Å²) in [6.45, 7) is 2.40. The number of nitrogens with one attached hydrogen (secondary N) is 1. The van der Waals surface area contributed by atoms with Gasteiger partial charge in [0.25, 0.3) is 0 Å². The number of halogens is 1. The first kappa shape index (κ1) is 15.0. The van der Waals surface area contributed by atoms with Crippen molar-refractivity contribution in [1.29, 1.82) is 0 Å². The molecule has 20 heavy (non-hydrogen) atoms. The van der Waals surface area contributed by atoms with Crippen LogP contribution in [-0.2, 0) is 16.6 Å². The standard InChI is InChI=1S/C13H14BrN3O2S/c1-9-2-5-12(20(15,18)19)6-13(9)17-8-11-4-3-10(14)7-16-11/h2-7,17H,8H2,1H3,(H2,15,18,19). The molecule has 2 rings (SSSR count). The first-order valence-corrected chi connectivity index (χ1v) is 8.18. The molecule has 3 N–H and O–H groups in total. The van der Waals surface area contributed by atoms with Crippen LogP contribution < -0.4 is 10.5 Å². The fourth-order valence-corrected chi connectivity index (χ4v) is 2.44. The first-order chi connectivity index (χ1) is 9.36. The predicted molar refractivity (Wildman–Crippen MR) is 81.8 cm³/mol. The maximum absolute atomic E-state index is 11.3. The summed E-state index contributed by atoms with van der Waals surface area (Å²) in [5, 5.41) is 8.29. The van der Waals surface area contributed by atoms with Crippen molar-refractivity contribution in [2.75, 3.05) is 5.32 Å². The summed E-state index contributed by atoms with van der Waals surface area (Å²) in [5.74, 6) is 0. The molecule has 0 unspecified atom stereocenters. The minimum atomic E-state index is -3.69. The highest BCUT2D eigenvalue weighted by Gasteiger charge is 2.09. The zero-order valence-corrected chi connectivity index (χ0v) is 13.2. The summed E-state index contributed by atoms with van der Waals surface area (Å²) < 4.78 is 23.6. The second-order valence-electron chi connectivity index (χ2n) is 4.34. The molecule has 106 valence electrons. The second-order valence-corrected chi connectivity index (χ2v) is 6.82. The molecule has 0 aliphatic carbocycles. The largest absolute Gasteiger partial charge is 0.379 e. The molecular weight excluding hydrogens is 342 g/mol. The van der Waals surface area contributed by atoms with Crippen molar-refractivity contribution in [3.8, 4) is 0 Å². The SMILES string of the molecule is Cc1ccc(S(N)(=O)=O)cc1NCc1ccc(Br)cn1. The van der Waals surface area contributed by atoms with Gasteiger partial charge >= 0.3 is 0 Å². The molecule has 0 aliphatic heterocycles. The van der Waals surface area contributed by atoms with Crippen LogP contribution in [0.2, 0.25) is 0 Å². The Morgan fingerprint density at radius 3 is 2.65 bits per heavy atom. The van der Waals surface area contributed by atoms with Crippen LogP contribution in [0.1, 0.15) is 11.3 Å². The Labute approximate surface area is 126 Å². The van der Waals surface area contributed by atoms with Gasteiger partial charge in [0.2, 0.25) is 10.0 Å². The Hall–Kier alpha value is -1.44. The molecule has 0 bridgehead atoms. The van der Waals surface area contributed by atoms with Crippen molar-refractivity contribution in [3.63, 3.8) is 0 Å². The molecule has 0 amide bonds. The topological polar surface area (TPSA) is 85.1 Å². The maximum Gasteiger partial charge on any atom is 0.238 e. The highest BCUT2D eigenvalue weighted by molar-refractivity contribution is 9.10. The molecule has 0 atom stereocenters. The number of hydrogen-bond acceptors (Lipinski definition) is 4. The second kappa shape index (κ2) is 5.90. The third kappa shape index (κ3) is 3.78. The third-order valence-electron chi connectivity index (χ3n) is 2.79. The molecule has 0 fully saturated rings. The van der Waals surface area contributed by atoms with Crippen molar-refractivity contribution < 1.29 is 8.42 Å². The van der Waals surface area contributed by atoms with Crippen molar-refractivity contribution >= 4 is 31.6 Å². The monoisotopic (exact) mass is 355 g/mol. The molecule has 5 nitrogen and oxygen atoms in total. The normalized spacial score (nSPS) is 11.3. The van der Waals surface area contributed by atoms with Gasteiger partial charge in [0.15, 0.2) is 0 Å². The van der Waals surface area contributed by atoms with Gasteiger partial charge in [-0.3, -0.25) is 4.98 Å². The number of anilines is 1. The number of benzene rings is 1. The lowest BCUT2D eigenvalue weighted by Gasteiger charge is -2.10. The van der Waals surface area contributed by atoms with Gasteiger partial charge in [-0.1, -0.05) is 6.07 Å². The molecule has 0 radical (unpaired) electrons. The molecular formula is C13H14BrN3O2S.